The van der Waals surface area contributed by atoms with Crippen molar-refractivity contribution < 1.29 is 5.11 Å². The lowest BCUT2D eigenvalue weighted by atomic mass is 9.79. The maximum atomic E-state index is 10.2. The first-order valence-corrected chi connectivity index (χ1v) is 8.42. The minimum atomic E-state index is -0.00635. The van der Waals surface area contributed by atoms with Gasteiger partial charge < -0.3 is 5.11 Å². The molecule has 0 aromatic rings. The van der Waals surface area contributed by atoms with Crippen LogP contribution in [0.4, 0.5) is 0 Å². The quantitative estimate of drug-likeness (QED) is 0.552. The predicted molar refractivity (Wildman–Crippen MR) is 79.7 cm³/mol. The molecule has 0 heterocycles. The van der Waals surface area contributed by atoms with Crippen molar-refractivity contribution in [2.24, 2.45) is 11.8 Å². The van der Waals surface area contributed by atoms with E-state index in [1.54, 1.807) is 0 Å². The SMILES string of the molecule is CCCCCCCCCC(O)C1CCC(C)CC1. The Morgan fingerprint density at radius 1 is 0.889 bits per heavy atom. The fourth-order valence-electron chi connectivity index (χ4n) is 3.22. The molecule has 0 amide bonds. The molecule has 1 fully saturated rings. The molecule has 1 atom stereocenters. The van der Waals surface area contributed by atoms with Gasteiger partial charge in [-0.15, -0.1) is 0 Å². The fraction of sp³-hybridized carbons (Fsp3) is 1.00. The van der Waals surface area contributed by atoms with Crippen molar-refractivity contribution in [3.63, 3.8) is 0 Å². The number of rotatable bonds is 9. The normalized spacial score (nSPS) is 26.2. The van der Waals surface area contributed by atoms with Crippen molar-refractivity contribution >= 4 is 0 Å². The van der Waals surface area contributed by atoms with E-state index in [4.69, 9.17) is 0 Å². The Hall–Kier alpha value is -0.0400. The van der Waals surface area contributed by atoms with Crippen LogP contribution in [0.1, 0.15) is 90.9 Å². The van der Waals surface area contributed by atoms with Crippen molar-refractivity contribution in [2.45, 2.75) is 97.0 Å². The van der Waals surface area contributed by atoms with E-state index in [1.165, 1.54) is 70.6 Å². The van der Waals surface area contributed by atoms with Gasteiger partial charge in [-0.05, 0) is 31.1 Å². The van der Waals surface area contributed by atoms with E-state index in [2.05, 4.69) is 13.8 Å². The zero-order chi connectivity index (χ0) is 13.2. The average molecular weight is 254 g/mol. The number of hydrogen-bond acceptors (Lipinski definition) is 1. The summed E-state index contributed by atoms with van der Waals surface area (Å²) in [7, 11) is 0. The summed E-state index contributed by atoms with van der Waals surface area (Å²) in [6, 6.07) is 0. The first-order valence-electron chi connectivity index (χ1n) is 8.42. The van der Waals surface area contributed by atoms with Crippen molar-refractivity contribution in [2.75, 3.05) is 0 Å². The Morgan fingerprint density at radius 2 is 1.44 bits per heavy atom. The minimum Gasteiger partial charge on any atom is -0.393 e. The van der Waals surface area contributed by atoms with E-state index < -0.39 is 0 Å². The zero-order valence-electron chi connectivity index (χ0n) is 12.7. The van der Waals surface area contributed by atoms with Gasteiger partial charge in [0, 0.05) is 0 Å². The van der Waals surface area contributed by atoms with Gasteiger partial charge >= 0.3 is 0 Å². The highest BCUT2D eigenvalue weighted by Gasteiger charge is 2.23. The van der Waals surface area contributed by atoms with Crippen LogP contribution in [-0.2, 0) is 0 Å². The van der Waals surface area contributed by atoms with Crippen LogP contribution in [0, 0.1) is 11.8 Å². The van der Waals surface area contributed by atoms with Crippen LogP contribution in [-0.4, -0.2) is 11.2 Å². The Morgan fingerprint density at radius 3 is 2.06 bits per heavy atom. The molecule has 0 aromatic heterocycles. The van der Waals surface area contributed by atoms with Gasteiger partial charge in [0.1, 0.15) is 0 Å². The number of hydrogen-bond donors (Lipinski definition) is 1. The molecule has 0 bridgehead atoms. The Bertz CT molecular complexity index is 182. The van der Waals surface area contributed by atoms with Crippen LogP contribution in [0.15, 0.2) is 0 Å². The molecule has 0 radical (unpaired) electrons. The Labute approximate surface area is 114 Å². The molecule has 1 aliphatic carbocycles. The van der Waals surface area contributed by atoms with Crippen LogP contribution in [0.2, 0.25) is 0 Å². The van der Waals surface area contributed by atoms with Crippen LogP contribution >= 0.6 is 0 Å². The molecule has 1 N–H and O–H groups in total. The van der Waals surface area contributed by atoms with Crippen LogP contribution in [0.3, 0.4) is 0 Å². The highest BCUT2D eigenvalue weighted by Crippen LogP contribution is 2.31. The molecule has 108 valence electrons. The molecule has 1 saturated carbocycles. The minimum absolute atomic E-state index is 0.00635. The third kappa shape index (κ3) is 6.78. The van der Waals surface area contributed by atoms with Gasteiger partial charge in [0.05, 0.1) is 6.10 Å². The molecule has 18 heavy (non-hydrogen) atoms. The van der Waals surface area contributed by atoms with Crippen LogP contribution in [0.25, 0.3) is 0 Å². The lowest BCUT2D eigenvalue weighted by Gasteiger charge is -2.29. The van der Waals surface area contributed by atoms with Crippen molar-refractivity contribution in [3.8, 4) is 0 Å². The molecular weight excluding hydrogens is 220 g/mol. The molecule has 1 heteroatoms. The highest BCUT2D eigenvalue weighted by atomic mass is 16.3. The number of unbranched alkanes of at least 4 members (excludes halogenated alkanes) is 6. The largest absolute Gasteiger partial charge is 0.393 e. The Balaban J connectivity index is 1.95. The summed E-state index contributed by atoms with van der Waals surface area (Å²) in [5, 5.41) is 10.2. The zero-order valence-corrected chi connectivity index (χ0v) is 12.7. The van der Waals surface area contributed by atoms with E-state index in [0.29, 0.717) is 5.92 Å². The van der Waals surface area contributed by atoms with Gasteiger partial charge in [-0.3, -0.25) is 0 Å². The molecule has 1 rings (SSSR count). The first-order chi connectivity index (χ1) is 8.74. The third-order valence-electron chi connectivity index (χ3n) is 4.71. The standard InChI is InChI=1S/C17H34O/c1-3-4-5-6-7-8-9-10-17(18)16-13-11-15(2)12-14-16/h15-18H,3-14H2,1-2H3. The molecular formula is C17H34O. The monoisotopic (exact) mass is 254 g/mol. The fourth-order valence-corrected chi connectivity index (χ4v) is 3.22. The van der Waals surface area contributed by atoms with Crippen molar-refractivity contribution in [1.82, 2.24) is 0 Å². The van der Waals surface area contributed by atoms with Gasteiger partial charge in [-0.25, -0.2) is 0 Å². The van der Waals surface area contributed by atoms with Gasteiger partial charge in [0.15, 0.2) is 0 Å². The summed E-state index contributed by atoms with van der Waals surface area (Å²) in [5.74, 6) is 1.51. The lowest BCUT2D eigenvalue weighted by molar-refractivity contribution is 0.0665. The summed E-state index contributed by atoms with van der Waals surface area (Å²) in [6.07, 6.45) is 15.7. The second-order valence-corrected chi connectivity index (χ2v) is 6.50. The van der Waals surface area contributed by atoms with E-state index in [1.807, 2.05) is 0 Å². The van der Waals surface area contributed by atoms with E-state index in [9.17, 15) is 5.11 Å². The molecule has 0 saturated heterocycles. The Kier molecular flexibility index (Phi) is 8.75. The molecule has 0 aromatic carbocycles. The summed E-state index contributed by atoms with van der Waals surface area (Å²) < 4.78 is 0. The number of aliphatic hydroxyl groups is 1. The van der Waals surface area contributed by atoms with Crippen molar-refractivity contribution in [1.29, 1.82) is 0 Å². The van der Waals surface area contributed by atoms with E-state index >= 15 is 0 Å². The number of aliphatic hydroxyl groups excluding tert-OH is 1. The topological polar surface area (TPSA) is 20.2 Å². The predicted octanol–water partition coefficient (Wildman–Crippen LogP) is 5.31. The third-order valence-corrected chi connectivity index (χ3v) is 4.71. The maximum absolute atomic E-state index is 10.2. The summed E-state index contributed by atoms with van der Waals surface area (Å²) >= 11 is 0. The molecule has 1 unspecified atom stereocenters. The summed E-state index contributed by atoms with van der Waals surface area (Å²) in [4.78, 5) is 0. The maximum Gasteiger partial charge on any atom is 0.0568 e. The van der Waals surface area contributed by atoms with Gasteiger partial charge in [-0.1, -0.05) is 71.6 Å². The van der Waals surface area contributed by atoms with Gasteiger partial charge in [0.25, 0.3) is 0 Å². The summed E-state index contributed by atoms with van der Waals surface area (Å²) in [5.41, 5.74) is 0. The second-order valence-electron chi connectivity index (χ2n) is 6.50. The molecule has 1 aliphatic rings. The average Bonchev–Trinajstić information content (AvgIpc) is 2.38. The first kappa shape index (κ1) is 16.0. The molecule has 1 nitrogen and oxygen atoms in total. The highest BCUT2D eigenvalue weighted by molar-refractivity contribution is 4.75. The molecule has 0 aliphatic heterocycles. The smallest absolute Gasteiger partial charge is 0.0568 e. The van der Waals surface area contributed by atoms with Crippen LogP contribution < -0.4 is 0 Å². The van der Waals surface area contributed by atoms with Crippen LogP contribution in [0.5, 0.6) is 0 Å². The van der Waals surface area contributed by atoms with Gasteiger partial charge in [0.2, 0.25) is 0 Å². The van der Waals surface area contributed by atoms with E-state index in [0.717, 1.165) is 12.3 Å². The van der Waals surface area contributed by atoms with E-state index in [-0.39, 0.29) is 6.10 Å². The second kappa shape index (κ2) is 9.83. The lowest BCUT2D eigenvalue weighted by Crippen LogP contribution is -2.24. The van der Waals surface area contributed by atoms with Gasteiger partial charge in [-0.2, -0.15) is 0 Å². The molecule has 0 spiro atoms. The van der Waals surface area contributed by atoms with Crippen molar-refractivity contribution in [3.05, 3.63) is 0 Å². The summed E-state index contributed by atoms with van der Waals surface area (Å²) in [6.45, 7) is 4.61.